The van der Waals surface area contributed by atoms with Crippen molar-refractivity contribution in [2.75, 3.05) is 0 Å². The molecule has 0 atom stereocenters. The average Bonchev–Trinajstić information content (AvgIpc) is 2.14. The van der Waals surface area contributed by atoms with Crippen LogP contribution in [-0.2, 0) is 6.54 Å². The highest BCUT2D eigenvalue weighted by molar-refractivity contribution is 4.96. The van der Waals surface area contributed by atoms with Gasteiger partial charge in [0.15, 0.2) is 0 Å². The third-order valence-corrected chi connectivity index (χ3v) is 0.781. The van der Waals surface area contributed by atoms with Gasteiger partial charge in [-0.05, 0) is 12.1 Å². The molecule has 2 nitrogen and oxygen atoms in total. The molecular formula is C5H8NO+. The van der Waals surface area contributed by atoms with E-state index in [1.54, 1.807) is 6.26 Å². The summed E-state index contributed by atoms with van der Waals surface area (Å²) in [4.78, 5) is 0. The van der Waals surface area contributed by atoms with Gasteiger partial charge in [0, 0.05) is 0 Å². The number of hydrogen-bond donors (Lipinski definition) is 1. The molecule has 0 aliphatic heterocycles. The van der Waals surface area contributed by atoms with Gasteiger partial charge >= 0.3 is 1.43 Å². The lowest BCUT2D eigenvalue weighted by Gasteiger charge is -1.80. The van der Waals surface area contributed by atoms with Gasteiger partial charge < -0.3 is 10.2 Å². The van der Waals surface area contributed by atoms with Gasteiger partial charge in [-0.2, -0.15) is 0 Å². The maximum atomic E-state index is 5.20. The highest BCUT2D eigenvalue weighted by atomic mass is 16.3. The van der Waals surface area contributed by atoms with Gasteiger partial charge in [-0.15, -0.1) is 0 Å². The van der Waals surface area contributed by atoms with Crippen molar-refractivity contribution in [1.82, 2.24) is 0 Å². The molecular weight excluding hydrogens is 90.1 g/mol. The van der Waals surface area contributed by atoms with Gasteiger partial charge in [-0.1, -0.05) is 0 Å². The van der Waals surface area contributed by atoms with Crippen LogP contribution in [0.25, 0.3) is 0 Å². The minimum Gasteiger partial charge on any atom is -0.468 e. The number of rotatable bonds is 1. The molecule has 0 bridgehead atoms. The summed E-state index contributed by atoms with van der Waals surface area (Å²) in [6.07, 6.45) is 1.61. The Kier molecular flexibility index (Phi) is 1.13. The number of nitrogens with two attached hydrogens (primary N) is 1. The van der Waals surface area contributed by atoms with E-state index in [0.29, 0.717) is 6.54 Å². The minimum atomic E-state index is 0. The standard InChI is InChI=1S/C5H7NO/c6-4-5-2-1-3-7-5/h1-3H,4,6H2/p+1. The normalized spacial score (nSPS) is 9.29. The van der Waals surface area contributed by atoms with Crippen molar-refractivity contribution in [1.29, 1.82) is 0 Å². The van der Waals surface area contributed by atoms with Crippen molar-refractivity contribution in [3.05, 3.63) is 24.2 Å². The number of hydrogen-bond acceptors (Lipinski definition) is 2. The van der Waals surface area contributed by atoms with E-state index in [2.05, 4.69) is 0 Å². The van der Waals surface area contributed by atoms with E-state index in [4.69, 9.17) is 10.2 Å². The summed E-state index contributed by atoms with van der Waals surface area (Å²) in [6, 6.07) is 3.67. The Morgan fingerprint density at radius 1 is 1.86 bits per heavy atom. The molecule has 1 aromatic rings. The lowest BCUT2D eigenvalue weighted by atomic mass is 10.5. The first kappa shape index (κ1) is 4.40. The fourth-order valence-corrected chi connectivity index (χ4v) is 0.429. The van der Waals surface area contributed by atoms with Gasteiger partial charge in [0.05, 0.1) is 12.8 Å². The highest BCUT2D eigenvalue weighted by Crippen LogP contribution is 1.95. The van der Waals surface area contributed by atoms with Crippen molar-refractivity contribution in [3.8, 4) is 0 Å². The second-order valence-corrected chi connectivity index (χ2v) is 1.28. The Hall–Kier alpha value is -0.760. The van der Waals surface area contributed by atoms with Crippen molar-refractivity contribution < 1.29 is 5.84 Å². The van der Waals surface area contributed by atoms with E-state index in [0.717, 1.165) is 5.76 Å². The van der Waals surface area contributed by atoms with Gasteiger partial charge in [0.2, 0.25) is 0 Å². The van der Waals surface area contributed by atoms with Crippen molar-refractivity contribution >= 4 is 0 Å². The fraction of sp³-hybridized carbons (Fsp3) is 0.200. The monoisotopic (exact) mass is 98.1 g/mol. The second kappa shape index (κ2) is 1.80. The van der Waals surface area contributed by atoms with Crippen LogP contribution in [0.15, 0.2) is 22.8 Å². The lowest BCUT2D eigenvalue weighted by Crippen LogP contribution is -1.92. The van der Waals surface area contributed by atoms with Gasteiger partial charge in [0.1, 0.15) is 5.76 Å². The summed E-state index contributed by atoms with van der Waals surface area (Å²) in [6.45, 7) is 0.493. The van der Waals surface area contributed by atoms with E-state index in [1.165, 1.54) is 0 Å². The molecule has 0 saturated heterocycles. The Bertz CT molecular complexity index is 127. The van der Waals surface area contributed by atoms with E-state index in [1.807, 2.05) is 12.1 Å². The Labute approximate surface area is 43.4 Å². The largest absolute Gasteiger partial charge is 1.00 e. The fourth-order valence-electron chi connectivity index (χ4n) is 0.429. The molecule has 2 heteroatoms. The molecule has 7 heavy (non-hydrogen) atoms. The molecule has 0 aromatic carbocycles. The van der Waals surface area contributed by atoms with Crippen molar-refractivity contribution in [2.24, 2.45) is 5.73 Å². The van der Waals surface area contributed by atoms with Crippen LogP contribution in [0.2, 0.25) is 0 Å². The first-order valence-electron chi connectivity index (χ1n) is 2.16. The molecule has 2 N–H and O–H groups in total. The molecule has 0 amide bonds. The zero-order valence-corrected chi connectivity index (χ0v) is 3.92. The smallest absolute Gasteiger partial charge is 0.468 e. The van der Waals surface area contributed by atoms with E-state index in [9.17, 15) is 0 Å². The molecule has 0 fully saturated rings. The quantitative estimate of drug-likeness (QED) is 0.565. The van der Waals surface area contributed by atoms with Crippen molar-refractivity contribution in [2.45, 2.75) is 6.54 Å². The summed E-state index contributed by atoms with van der Waals surface area (Å²) in [5, 5.41) is 0. The van der Waals surface area contributed by atoms with Crippen LogP contribution in [0.1, 0.15) is 7.19 Å². The van der Waals surface area contributed by atoms with Crippen LogP contribution in [-0.4, -0.2) is 0 Å². The molecule has 1 heterocycles. The summed E-state index contributed by atoms with van der Waals surface area (Å²) in [5.74, 6) is 0.833. The van der Waals surface area contributed by atoms with Crippen LogP contribution in [0.5, 0.6) is 0 Å². The van der Waals surface area contributed by atoms with Crippen molar-refractivity contribution in [3.63, 3.8) is 0 Å². The highest BCUT2D eigenvalue weighted by Gasteiger charge is 1.84. The second-order valence-electron chi connectivity index (χ2n) is 1.28. The molecule has 0 unspecified atom stereocenters. The van der Waals surface area contributed by atoms with Crippen LogP contribution in [0.4, 0.5) is 0 Å². The minimum absolute atomic E-state index is 0. The Morgan fingerprint density at radius 2 is 2.71 bits per heavy atom. The van der Waals surface area contributed by atoms with Crippen LogP contribution in [0.3, 0.4) is 0 Å². The molecule has 0 spiro atoms. The Balaban J connectivity index is 0.000000490. The summed E-state index contributed by atoms with van der Waals surface area (Å²) in [7, 11) is 0. The lowest BCUT2D eigenvalue weighted by molar-refractivity contribution is 0.512. The van der Waals surface area contributed by atoms with Crippen LogP contribution >= 0.6 is 0 Å². The first-order valence-corrected chi connectivity index (χ1v) is 2.16. The molecule has 1 aromatic heterocycles. The molecule has 0 aliphatic carbocycles. The summed E-state index contributed by atoms with van der Waals surface area (Å²) in [5.41, 5.74) is 5.20. The third kappa shape index (κ3) is 0.810. The maximum Gasteiger partial charge on any atom is 1.00 e. The maximum absolute atomic E-state index is 5.20. The molecule has 0 saturated carbocycles. The molecule has 0 aliphatic rings. The topological polar surface area (TPSA) is 39.2 Å². The first-order chi connectivity index (χ1) is 3.43. The van der Waals surface area contributed by atoms with Gasteiger partial charge in [0.25, 0.3) is 0 Å². The van der Waals surface area contributed by atoms with Crippen LogP contribution in [0, 0.1) is 0 Å². The SMILES string of the molecule is NCc1ccco1.[H+]. The van der Waals surface area contributed by atoms with E-state index >= 15 is 0 Å². The third-order valence-electron chi connectivity index (χ3n) is 0.781. The van der Waals surface area contributed by atoms with E-state index < -0.39 is 0 Å². The van der Waals surface area contributed by atoms with Gasteiger partial charge in [-0.3, -0.25) is 0 Å². The average molecular weight is 98.1 g/mol. The zero-order valence-electron chi connectivity index (χ0n) is 4.92. The molecule has 38 valence electrons. The predicted molar refractivity (Wildman–Crippen MR) is 27.7 cm³/mol. The van der Waals surface area contributed by atoms with Crippen LogP contribution < -0.4 is 5.73 Å². The Morgan fingerprint density at radius 3 is 3.00 bits per heavy atom. The summed E-state index contributed by atoms with van der Waals surface area (Å²) >= 11 is 0. The van der Waals surface area contributed by atoms with Gasteiger partial charge in [-0.25, -0.2) is 0 Å². The number of furan rings is 1. The molecule has 0 radical (unpaired) electrons. The summed E-state index contributed by atoms with van der Waals surface area (Å²) < 4.78 is 4.86. The van der Waals surface area contributed by atoms with E-state index in [-0.39, 0.29) is 1.43 Å². The molecule has 1 rings (SSSR count). The zero-order chi connectivity index (χ0) is 5.11. The predicted octanol–water partition coefficient (Wildman–Crippen LogP) is 0.851.